The normalized spacial score (nSPS) is 10.3. The molecule has 0 saturated heterocycles. The summed E-state index contributed by atoms with van der Waals surface area (Å²) in [5.41, 5.74) is 3.57. The van der Waals surface area contributed by atoms with Gasteiger partial charge >= 0.3 is 0 Å². The lowest BCUT2D eigenvalue weighted by atomic mass is 10.1. The van der Waals surface area contributed by atoms with Crippen LogP contribution in [0.25, 0.3) is 0 Å². The van der Waals surface area contributed by atoms with E-state index in [1.807, 2.05) is 45.0 Å². The van der Waals surface area contributed by atoms with Crippen molar-refractivity contribution in [3.05, 3.63) is 83.2 Å². The second-order valence-corrected chi connectivity index (χ2v) is 6.56. The molecule has 3 rings (SSSR count). The number of aromatic nitrogens is 1. The van der Waals surface area contributed by atoms with Crippen molar-refractivity contribution < 1.29 is 14.3 Å². The Balaban J connectivity index is 1.77. The third-order valence-electron chi connectivity index (χ3n) is 4.29. The van der Waals surface area contributed by atoms with Crippen molar-refractivity contribution in [2.75, 3.05) is 17.2 Å². The van der Waals surface area contributed by atoms with Crippen LogP contribution in [0, 0.1) is 13.8 Å². The van der Waals surface area contributed by atoms with Gasteiger partial charge in [-0.25, -0.2) is 4.98 Å². The maximum absolute atomic E-state index is 12.6. The van der Waals surface area contributed by atoms with Crippen molar-refractivity contribution >= 4 is 23.2 Å². The van der Waals surface area contributed by atoms with E-state index in [2.05, 4.69) is 15.6 Å². The number of para-hydroxylation sites is 2. The van der Waals surface area contributed by atoms with Gasteiger partial charge in [0, 0.05) is 5.69 Å². The lowest BCUT2D eigenvalue weighted by Crippen LogP contribution is -2.19. The molecule has 0 atom stereocenters. The zero-order valence-corrected chi connectivity index (χ0v) is 16.7. The average molecular weight is 389 g/mol. The highest BCUT2D eigenvalue weighted by molar-refractivity contribution is 6.06. The summed E-state index contributed by atoms with van der Waals surface area (Å²) in [5.74, 6) is -0.214. The number of rotatable bonds is 6. The van der Waals surface area contributed by atoms with Gasteiger partial charge in [0.1, 0.15) is 17.1 Å². The molecule has 0 aliphatic carbocycles. The first-order chi connectivity index (χ1) is 14.0. The number of anilines is 2. The fourth-order valence-electron chi connectivity index (χ4n) is 2.78. The summed E-state index contributed by atoms with van der Waals surface area (Å²) in [7, 11) is 0. The number of aryl methyl sites for hydroxylation is 2. The average Bonchev–Trinajstić information content (AvgIpc) is 2.72. The maximum Gasteiger partial charge on any atom is 0.274 e. The summed E-state index contributed by atoms with van der Waals surface area (Å²) >= 11 is 0. The first-order valence-electron chi connectivity index (χ1n) is 9.36. The highest BCUT2D eigenvalue weighted by Crippen LogP contribution is 2.24. The molecule has 0 saturated carbocycles. The van der Waals surface area contributed by atoms with Crippen LogP contribution in [-0.4, -0.2) is 23.4 Å². The second kappa shape index (κ2) is 9.01. The molecule has 2 aromatic carbocycles. The van der Waals surface area contributed by atoms with E-state index in [0.717, 1.165) is 16.8 Å². The lowest BCUT2D eigenvalue weighted by molar-refractivity contribution is 0.101. The van der Waals surface area contributed by atoms with Crippen molar-refractivity contribution in [3.8, 4) is 5.75 Å². The lowest BCUT2D eigenvalue weighted by Gasteiger charge is -2.12. The molecule has 2 amide bonds. The number of pyridine rings is 1. The van der Waals surface area contributed by atoms with E-state index in [0.29, 0.717) is 18.0 Å². The second-order valence-electron chi connectivity index (χ2n) is 6.56. The maximum atomic E-state index is 12.6. The summed E-state index contributed by atoms with van der Waals surface area (Å²) in [6, 6.07) is 17.8. The first-order valence-corrected chi connectivity index (χ1v) is 9.36. The fraction of sp³-hybridized carbons (Fsp3) is 0.174. The van der Waals surface area contributed by atoms with Gasteiger partial charge in [-0.3, -0.25) is 9.59 Å². The Labute approximate surface area is 169 Å². The number of nitrogens with zero attached hydrogens (tertiary/aromatic N) is 1. The van der Waals surface area contributed by atoms with Crippen LogP contribution in [-0.2, 0) is 0 Å². The third kappa shape index (κ3) is 4.99. The number of nitrogens with one attached hydrogen (secondary N) is 2. The zero-order chi connectivity index (χ0) is 20.8. The van der Waals surface area contributed by atoms with Gasteiger partial charge in [-0.15, -0.1) is 0 Å². The van der Waals surface area contributed by atoms with Gasteiger partial charge in [-0.05, 0) is 62.2 Å². The molecule has 0 bridgehead atoms. The molecule has 3 aromatic rings. The molecular weight excluding hydrogens is 366 g/mol. The number of hydrogen-bond donors (Lipinski definition) is 2. The number of carbonyl (C=O) groups is 2. The molecule has 2 N–H and O–H groups in total. The molecule has 0 aliphatic heterocycles. The fourth-order valence-corrected chi connectivity index (χ4v) is 2.78. The van der Waals surface area contributed by atoms with Crippen molar-refractivity contribution in [1.29, 1.82) is 0 Å². The molecule has 0 unspecified atom stereocenters. The van der Waals surface area contributed by atoms with Gasteiger partial charge in [-0.1, -0.05) is 30.3 Å². The third-order valence-corrected chi connectivity index (χ3v) is 4.29. The van der Waals surface area contributed by atoms with Crippen LogP contribution in [0.3, 0.4) is 0 Å². The minimum Gasteiger partial charge on any atom is -0.492 e. The highest BCUT2D eigenvalue weighted by atomic mass is 16.5. The molecule has 0 aliphatic rings. The predicted molar refractivity (Wildman–Crippen MR) is 114 cm³/mol. The predicted octanol–water partition coefficient (Wildman–Crippen LogP) is 4.60. The zero-order valence-electron chi connectivity index (χ0n) is 16.7. The Morgan fingerprint density at radius 3 is 2.21 bits per heavy atom. The van der Waals surface area contributed by atoms with Crippen LogP contribution >= 0.6 is 0 Å². The molecular formula is C23H23N3O3. The largest absolute Gasteiger partial charge is 0.492 e. The van der Waals surface area contributed by atoms with Gasteiger partial charge < -0.3 is 15.4 Å². The number of benzene rings is 2. The minimum absolute atomic E-state index is 0.143. The van der Waals surface area contributed by atoms with Crippen LogP contribution < -0.4 is 15.4 Å². The number of ether oxygens (including phenoxy) is 1. The molecule has 0 radical (unpaired) electrons. The van der Waals surface area contributed by atoms with Crippen LogP contribution in [0.5, 0.6) is 5.75 Å². The van der Waals surface area contributed by atoms with E-state index in [-0.39, 0.29) is 17.3 Å². The van der Waals surface area contributed by atoms with Gasteiger partial charge in [-0.2, -0.15) is 0 Å². The summed E-state index contributed by atoms with van der Waals surface area (Å²) in [4.78, 5) is 29.5. The smallest absolute Gasteiger partial charge is 0.274 e. The summed E-state index contributed by atoms with van der Waals surface area (Å²) in [5, 5.41) is 5.64. The molecule has 29 heavy (non-hydrogen) atoms. The number of carbonyl (C=O) groups excluding carboxylic acids is 2. The number of amides is 2. The van der Waals surface area contributed by atoms with E-state index in [1.54, 1.807) is 36.4 Å². The van der Waals surface area contributed by atoms with Crippen LogP contribution in [0.2, 0.25) is 0 Å². The Kier molecular flexibility index (Phi) is 6.24. The van der Waals surface area contributed by atoms with E-state index in [4.69, 9.17) is 4.74 Å². The van der Waals surface area contributed by atoms with E-state index in [9.17, 15) is 9.59 Å². The Morgan fingerprint density at radius 1 is 0.862 bits per heavy atom. The SMILES string of the molecule is CCOc1ccccc1NC(=O)c1cccc(C(=O)Nc2cc(C)ccc2C)n1. The Bertz CT molecular complexity index is 1050. The molecule has 0 fully saturated rings. The van der Waals surface area contributed by atoms with Crippen molar-refractivity contribution in [3.63, 3.8) is 0 Å². The van der Waals surface area contributed by atoms with Crippen molar-refractivity contribution in [2.45, 2.75) is 20.8 Å². The van der Waals surface area contributed by atoms with E-state index >= 15 is 0 Å². The quantitative estimate of drug-likeness (QED) is 0.646. The Hall–Kier alpha value is -3.67. The van der Waals surface area contributed by atoms with Gasteiger partial charge in [0.2, 0.25) is 0 Å². The van der Waals surface area contributed by atoms with E-state index in [1.165, 1.54) is 0 Å². The molecule has 148 valence electrons. The molecule has 0 spiro atoms. The monoisotopic (exact) mass is 389 g/mol. The van der Waals surface area contributed by atoms with Crippen LogP contribution in [0.15, 0.2) is 60.7 Å². The summed E-state index contributed by atoms with van der Waals surface area (Å²) < 4.78 is 5.52. The highest BCUT2D eigenvalue weighted by Gasteiger charge is 2.15. The van der Waals surface area contributed by atoms with Crippen molar-refractivity contribution in [2.24, 2.45) is 0 Å². The van der Waals surface area contributed by atoms with E-state index < -0.39 is 5.91 Å². The molecule has 1 heterocycles. The minimum atomic E-state index is -0.418. The van der Waals surface area contributed by atoms with Crippen molar-refractivity contribution in [1.82, 2.24) is 4.98 Å². The van der Waals surface area contributed by atoms with Crippen LogP contribution in [0.1, 0.15) is 39.0 Å². The molecule has 1 aromatic heterocycles. The summed E-state index contributed by atoms with van der Waals surface area (Å²) in [6.07, 6.45) is 0. The van der Waals surface area contributed by atoms with Crippen LogP contribution in [0.4, 0.5) is 11.4 Å². The number of hydrogen-bond acceptors (Lipinski definition) is 4. The van der Waals surface area contributed by atoms with Gasteiger partial charge in [0.05, 0.1) is 12.3 Å². The summed E-state index contributed by atoms with van der Waals surface area (Å²) in [6.45, 7) is 6.23. The first kappa shape index (κ1) is 20.1. The van der Waals surface area contributed by atoms with Gasteiger partial charge in [0.15, 0.2) is 0 Å². The Morgan fingerprint density at radius 2 is 1.52 bits per heavy atom. The van der Waals surface area contributed by atoms with Gasteiger partial charge in [0.25, 0.3) is 11.8 Å². The topological polar surface area (TPSA) is 80.3 Å². The standard InChI is InChI=1S/C23H23N3O3/c1-4-29-21-11-6-5-8-17(21)25-22(27)18-9-7-10-19(24-18)23(28)26-20-14-15(2)12-13-16(20)3/h5-14H,4H2,1-3H3,(H,25,27)(H,26,28). The molecule has 6 nitrogen and oxygen atoms in total. The molecule has 6 heteroatoms.